The van der Waals surface area contributed by atoms with E-state index in [2.05, 4.69) is 15.9 Å². The van der Waals surface area contributed by atoms with Crippen molar-refractivity contribution in [1.82, 2.24) is 0 Å². The van der Waals surface area contributed by atoms with Crippen LogP contribution in [-0.2, 0) is 5.88 Å². The maximum absolute atomic E-state index is 11.8. The second-order valence-corrected chi connectivity index (χ2v) is 4.86. The second kappa shape index (κ2) is 4.94. The zero-order chi connectivity index (χ0) is 10.7. The molecule has 0 amide bonds. The lowest BCUT2D eigenvalue weighted by atomic mass is 9.98. The molecular weight excluding hydrogens is 263 g/mol. The summed E-state index contributed by atoms with van der Waals surface area (Å²) in [6.07, 6.45) is 0. The van der Waals surface area contributed by atoms with Crippen LogP contribution in [0.25, 0.3) is 0 Å². The molecule has 1 aromatic rings. The average molecular weight is 276 g/mol. The summed E-state index contributed by atoms with van der Waals surface area (Å²) in [5.74, 6) is 0.474. The number of halogens is 2. The van der Waals surface area contributed by atoms with Gasteiger partial charge in [-0.3, -0.25) is 4.79 Å². The van der Waals surface area contributed by atoms with E-state index >= 15 is 0 Å². The van der Waals surface area contributed by atoms with Gasteiger partial charge in [-0.2, -0.15) is 0 Å². The molecule has 0 heterocycles. The largest absolute Gasteiger partial charge is 0.293 e. The van der Waals surface area contributed by atoms with Crippen LogP contribution < -0.4 is 0 Å². The molecule has 1 rings (SSSR count). The zero-order valence-electron chi connectivity index (χ0n) is 8.18. The Kier molecular flexibility index (Phi) is 4.14. The van der Waals surface area contributed by atoms with Crippen LogP contribution in [0, 0.1) is 6.92 Å². The van der Waals surface area contributed by atoms with Crippen molar-refractivity contribution in [2.75, 3.05) is 0 Å². The minimum Gasteiger partial charge on any atom is -0.293 e. The van der Waals surface area contributed by atoms with Crippen molar-refractivity contribution in [1.29, 1.82) is 0 Å². The lowest BCUT2D eigenvalue weighted by Crippen LogP contribution is -2.13. The van der Waals surface area contributed by atoms with Crippen LogP contribution >= 0.6 is 27.5 Å². The fraction of sp³-hybridized carbons (Fsp3) is 0.364. The summed E-state index contributed by atoms with van der Waals surface area (Å²) in [5, 5.41) is 0. The third-order valence-electron chi connectivity index (χ3n) is 2.11. The Balaban J connectivity index is 3.23. The van der Waals surface area contributed by atoms with E-state index in [-0.39, 0.29) is 10.6 Å². The van der Waals surface area contributed by atoms with Crippen molar-refractivity contribution < 1.29 is 4.79 Å². The maximum atomic E-state index is 11.8. The van der Waals surface area contributed by atoms with Crippen LogP contribution in [-0.4, -0.2) is 10.6 Å². The molecule has 1 atom stereocenters. The van der Waals surface area contributed by atoms with Crippen molar-refractivity contribution in [3.8, 4) is 0 Å². The molecule has 14 heavy (non-hydrogen) atoms. The van der Waals surface area contributed by atoms with Gasteiger partial charge in [0.25, 0.3) is 0 Å². The number of benzene rings is 1. The molecule has 1 nitrogen and oxygen atoms in total. The van der Waals surface area contributed by atoms with Gasteiger partial charge in [-0.05, 0) is 25.0 Å². The molecular formula is C11H12BrClO. The molecule has 3 heteroatoms. The summed E-state index contributed by atoms with van der Waals surface area (Å²) in [6.45, 7) is 3.76. The van der Waals surface area contributed by atoms with E-state index in [1.54, 1.807) is 0 Å². The lowest BCUT2D eigenvalue weighted by Gasteiger charge is -2.10. The highest BCUT2D eigenvalue weighted by Gasteiger charge is 2.17. The molecule has 0 spiro atoms. The lowest BCUT2D eigenvalue weighted by molar-refractivity contribution is 0.0994. The molecule has 1 unspecified atom stereocenters. The van der Waals surface area contributed by atoms with Gasteiger partial charge in [0.15, 0.2) is 5.78 Å². The number of Topliss-reactive ketones (excluding diaryl/α,β-unsaturated/α-hetero) is 1. The fourth-order valence-electron chi connectivity index (χ4n) is 1.39. The predicted molar refractivity (Wildman–Crippen MR) is 63.5 cm³/mol. The quantitative estimate of drug-likeness (QED) is 0.607. The van der Waals surface area contributed by atoms with E-state index < -0.39 is 0 Å². The SMILES string of the molecule is Cc1cccc(CCl)c1C(=O)C(C)Br. The van der Waals surface area contributed by atoms with Gasteiger partial charge in [-0.15, -0.1) is 11.6 Å². The van der Waals surface area contributed by atoms with Gasteiger partial charge in [-0.25, -0.2) is 0 Å². The van der Waals surface area contributed by atoms with Crippen molar-refractivity contribution in [2.24, 2.45) is 0 Å². The molecule has 76 valence electrons. The summed E-state index contributed by atoms with van der Waals surface area (Å²) in [4.78, 5) is 11.7. The highest BCUT2D eigenvalue weighted by molar-refractivity contribution is 9.10. The van der Waals surface area contributed by atoms with Crippen LogP contribution in [0.2, 0.25) is 0 Å². The monoisotopic (exact) mass is 274 g/mol. The van der Waals surface area contributed by atoms with Crippen LogP contribution in [0.3, 0.4) is 0 Å². The molecule has 0 aliphatic rings. The van der Waals surface area contributed by atoms with Crippen LogP contribution in [0.1, 0.15) is 28.4 Å². The van der Waals surface area contributed by atoms with Gasteiger partial charge in [0, 0.05) is 11.4 Å². The molecule has 0 bridgehead atoms. The number of carbonyl (C=O) groups excluding carboxylic acids is 1. The number of rotatable bonds is 3. The van der Waals surface area contributed by atoms with E-state index in [0.29, 0.717) is 5.88 Å². The minimum atomic E-state index is -0.162. The summed E-state index contributed by atoms with van der Waals surface area (Å²) >= 11 is 9.07. The number of alkyl halides is 2. The first-order valence-corrected chi connectivity index (χ1v) is 5.85. The van der Waals surface area contributed by atoms with Crippen molar-refractivity contribution in [3.05, 3.63) is 34.9 Å². The van der Waals surface area contributed by atoms with Crippen molar-refractivity contribution in [2.45, 2.75) is 24.6 Å². The number of hydrogen-bond donors (Lipinski definition) is 0. The van der Waals surface area contributed by atoms with E-state index in [0.717, 1.165) is 16.7 Å². The fourth-order valence-corrected chi connectivity index (χ4v) is 1.84. The van der Waals surface area contributed by atoms with Gasteiger partial charge < -0.3 is 0 Å². The van der Waals surface area contributed by atoms with Crippen molar-refractivity contribution >= 4 is 33.3 Å². The normalized spacial score (nSPS) is 12.6. The molecule has 0 aromatic heterocycles. The summed E-state index contributed by atoms with van der Waals surface area (Å²) in [6, 6.07) is 5.74. The first-order chi connectivity index (χ1) is 6.57. The Morgan fingerprint density at radius 3 is 2.71 bits per heavy atom. The highest BCUT2D eigenvalue weighted by Crippen LogP contribution is 2.20. The molecule has 0 saturated carbocycles. The number of ketones is 1. The zero-order valence-corrected chi connectivity index (χ0v) is 10.5. The van der Waals surface area contributed by atoms with E-state index in [9.17, 15) is 4.79 Å². The first-order valence-electron chi connectivity index (χ1n) is 4.40. The van der Waals surface area contributed by atoms with Crippen molar-refractivity contribution in [3.63, 3.8) is 0 Å². The molecule has 0 aliphatic heterocycles. The predicted octanol–water partition coefficient (Wildman–Crippen LogP) is 3.70. The summed E-state index contributed by atoms with van der Waals surface area (Å²) in [7, 11) is 0. The first kappa shape index (κ1) is 11.7. The molecule has 0 radical (unpaired) electrons. The van der Waals surface area contributed by atoms with Gasteiger partial charge in [0.1, 0.15) is 0 Å². The van der Waals surface area contributed by atoms with Gasteiger partial charge in [0.2, 0.25) is 0 Å². The summed E-state index contributed by atoms with van der Waals surface area (Å²) < 4.78 is 0. The third-order valence-corrected chi connectivity index (χ3v) is 2.81. The molecule has 1 aromatic carbocycles. The number of carbonyl (C=O) groups is 1. The van der Waals surface area contributed by atoms with E-state index in [1.165, 1.54) is 0 Å². The second-order valence-electron chi connectivity index (χ2n) is 3.22. The van der Waals surface area contributed by atoms with Crippen LogP contribution in [0.15, 0.2) is 18.2 Å². The third kappa shape index (κ3) is 2.37. The summed E-state index contributed by atoms with van der Waals surface area (Å²) in [5.41, 5.74) is 2.65. The Morgan fingerprint density at radius 2 is 2.21 bits per heavy atom. The standard InChI is InChI=1S/C11H12BrClO/c1-7-4-3-5-9(6-13)10(7)11(14)8(2)12/h3-5,8H,6H2,1-2H3. The molecule has 0 aliphatic carbocycles. The van der Waals surface area contributed by atoms with Gasteiger partial charge in [0.05, 0.1) is 4.83 Å². The van der Waals surface area contributed by atoms with E-state index in [4.69, 9.17) is 11.6 Å². The topological polar surface area (TPSA) is 17.1 Å². The minimum absolute atomic E-state index is 0.0961. The Hall–Kier alpha value is -0.340. The number of hydrogen-bond acceptors (Lipinski definition) is 1. The average Bonchev–Trinajstić information content (AvgIpc) is 2.16. The van der Waals surface area contributed by atoms with E-state index in [1.807, 2.05) is 32.0 Å². The van der Waals surface area contributed by atoms with Gasteiger partial charge >= 0.3 is 0 Å². The highest BCUT2D eigenvalue weighted by atomic mass is 79.9. The Morgan fingerprint density at radius 1 is 1.57 bits per heavy atom. The Bertz CT molecular complexity index is 347. The van der Waals surface area contributed by atoms with Crippen LogP contribution in [0.5, 0.6) is 0 Å². The Labute approximate surface area is 97.6 Å². The molecule has 0 N–H and O–H groups in total. The molecule has 0 saturated heterocycles. The molecule has 0 fully saturated rings. The maximum Gasteiger partial charge on any atom is 0.176 e. The number of aryl methyl sites for hydroxylation is 1. The van der Waals surface area contributed by atoms with Gasteiger partial charge in [-0.1, -0.05) is 34.1 Å². The van der Waals surface area contributed by atoms with Crippen LogP contribution in [0.4, 0.5) is 0 Å². The smallest absolute Gasteiger partial charge is 0.176 e.